The number of nitrogens with zero attached hydrogens (tertiary/aromatic N) is 2. The van der Waals surface area contributed by atoms with Crippen LogP contribution in [-0.2, 0) is 6.42 Å². The van der Waals surface area contributed by atoms with Gasteiger partial charge in [0.2, 0.25) is 0 Å². The van der Waals surface area contributed by atoms with E-state index >= 15 is 0 Å². The van der Waals surface area contributed by atoms with Gasteiger partial charge in [0, 0.05) is 17.7 Å². The largest absolute Gasteiger partial charge is 0.490 e. The molecular weight excluding hydrogens is 478 g/mol. The summed E-state index contributed by atoms with van der Waals surface area (Å²) in [6.07, 6.45) is 2.62. The molecule has 0 saturated heterocycles. The van der Waals surface area contributed by atoms with Crippen molar-refractivity contribution < 1.29 is 25.1 Å². The Morgan fingerprint density at radius 2 is 1.86 bits per heavy atom. The van der Waals surface area contributed by atoms with E-state index in [2.05, 4.69) is 18.0 Å². The number of rotatable bonds is 8. The van der Waals surface area contributed by atoms with Crippen molar-refractivity contribution >= 4 is 39.1 Å². The van der Waals surface area contributed by atoms with Crippen molar-refractivity contribution in [2.24, 2.45) is 0 Å². The molecule has 2 heterocycles. The first-order valence-electron chi connectivity index (χ1n) is 11.6. The fourth-order valence-electron chi connectivity index (χ4n) is 4.11. The Morgan fingerprint density at radius 3 is 2.67 bits per heavy atom. The number of fused-ring (bicyclic) bond motifs is 3. The van der Waals surface area contributed by atoms with Crippen molar-refractivity contribution in [3.8, 4) is 11.5 Å². The molecule has 0 fully saturated rings. The number of benzene rings is 3. The number of imidazole rings is 1. The van der Waals surface area contributed by atoms with Gasteiger partial charge in [0.15, 0.2) is 10.6 Å². The molecule has 5 aromatic rings. The molecule has 0 radical (unpaired) electrons. The molecule has 0 bridgehead atoms. The van der Waals surface area contributed by atoms with Gasteiger partial charge in [-0.3, -0.25) is 4.79 Å². The molecule has 0 spiro atoms. The van der Waals surface area contributed by atoms with Crippen molar-refractivity contribution in [2.45, 2.75) is 20.3 Å². The second-order valence-electron chi connectivity index (χ2n) is 8.42. The number of hydrogen-bond donors (Lipinski definition) is 3. The molecule has 5 rings (SSSR count). The maximum atomic E-state index is 13.2. The third kappa shape index (κ3) is 4.82. The number of quaternary nitrogens is 1. The van der Waals surface area contributed by atoms with E-state index in [1.54, 1.807) is 28.7 Å². The van der Waals surface area contributed by atoms with E-state index < -0.39 is 5.23 Å². The minimum Gasteiger partial charge on any atom is -0.490 e. The number of thiazole rings is 1. The molecule has 2 aromatic heterocycles. The lowest BCUT2D eigenvalue weighted by Gasteiger charge is -2.12. The summed E-state index contributed by atoms with van der Waals surface area (Å²) in [6, 6.07) is 18.4. The van der Waals surface area contributed by atoms with Gasteiger partial charge in [0.25, 0.3) is 5.56 Å². The second-order valence-corrected chi connectivity index (χ2v) is 9.42. The predicted molar refractivity (Wildman–Crippen MR) is 138 cm³/mol. The Kier molecular flexibility index (Phi) is 6.71. The van der Waals surface area contributed by atoms with Crippen molar-refractivity contribution in [1.29, 1.82) is 0 Å². The second kappa shape index (κ2) is 10.1. The van der Waals surface area contributed by atoms with Gasteiger partial charge in [-0.2, -0.15) is 10.4 Å². The number of nitrogens with one attached hydrogen (secondary N) is 1. The van der Waals surface area contributed by atoms with Gasteiger partial charge in [-0.1, -0.05) is 36.5 Å². The maximum absolute atomic E-state index is 13.2. The zero-order valence-corrected chi connectivity index (χ0v) is 20.7. The molecule has 0 saturated carbocycles. The SMILES string of the molecule is CCc1cc(C)cc(OCCOc2ccc([NH+](O)O)cc2C=c2sc3nc4ccccc4n3c2=O)c1. The molecule has 36 heavy (non-hydrogen) atoms. The average molecular weight is 505 g/mol. The van der Waals surface area contributed by atoms with E-state index in [0.717, 1.165) is 28.8 Å². The molecule has 3 aromatic carbocycles. The van der Waals surface area contributed by atoms with Crippen LogP contribution in [0.25, 0.3) is 22.1 Å². The average Bonchev–Trinajstić information content (AvgIpc) is 3.37. The van der Waals surface area contributed by atoms with Crippen LogP contribution in [0.3, 0.4) is 0 Å². The minimum atomic E-state index is -0.806. The summed E-state index contributed by atoms with van der Waals surface area (Å²) in [5.41, 5.74) is 4.44. The third-order valence-corrected chi connectivity index (χ3v) is 6.80. The van der Waals surface area contributed by atoms with Gasteiger partial charge in [-0.25, -0.2) is 9.38 Å². The van der Waals surface area contributed by atoms with Crippen LogP contribution < -0.4 is 24.8 Å². The van der Waals surface area contributed by atoms with Gasteiger partial charge < -0.3 is 9.47 Å². The van der Waals surface area contributed by atoms with Gasteiger partial charge >= 0.3 is 0 Å². The van der Waals surface area contributed by atoms with Crippen LogP contribution in [0.1, 0.15) is 23.6 Å². The van der Waals surface area contributed by atoms with Crippen LogP contribution in [-0.4, -0.2) is 33.0 Å². The maximum Gasteiger partial charge on any atom is 0.274 e. The number of ether oxygens (including phenoxy) is 2. The highest BCUT2D eigenvalue weighted by Crippen LogP contribution is 2.23. The monoisotopic (exact) mass is 504 g/mol. The molecule has 0 unspecified atom stereocenters. The quantitative estimate of drug-likeness (QED) is 0.222. The van der Waals surface area contributed by atoms with Gasteiger partial charge in [-0.05, 0) is 66.1 Å². The smallest absolute Gasteiger partial charge is 0.274 e. The van der Waals surface area contributed by atoms with Gasteiger partial charge in [0.1, 0.15) is 24.7 Å². The molecule has 9 heteroatoms. The van der Waals surface area contributed by atoms with Gasteiger partial charge in [0.05, 0.1) is 15.6 Å². The highest BCUT2D eigenvalue weighted by molar-refractivity contribution is 7.15. The fourth-order valence-corrected chi connectivity index (χ4v) is 5.09. The summed E-state index contributed by atoms with van der Waals surface area (Å²) in [4.78, 5) is 18.3. The topological polar surface area (TPSA) is 97.7 Å². The molecule has 0 atom stereocenters. The lowest BCUT2D eigenvalue weighted by Crippen LogP contribution is -3.01. The summed E-state index contributed by atoms with van der Waals surface area (Å²) in [7, 11) is 0. The molecular formula is C27H26N3O5S+. The van der Waals surface area contributed by atoms with E-state index in [1.807, 2.05) is 43.3 Å². The zero-order chi connectivity index (χ0) is 25.2. The summed E-state index contributed by atoms with van der Waals surface area (Å²) in [5, 5.41) is 18.4. The lowest BCUT2D eigenvalue weighted by molar-refractivity contribution is -1.19. The molecule has 8 nitrogen and oxygen atoms in total. The number of para-hydroxylation sites is 2. The Balaban J connectivity index is 1.42. The Morgan fingerprint density at radius 1 is 1.06 bits per heavy atom. The molecule has 0 amide bonds. The highest BCUT2D eigenvalue weighted by atomic mass is 32.1. The van der Waals surface area contributed by atoms with Crippen molar-refractivity contribution in [2.75, 3.05) is 13.2 Å². The van der Waals surface area contributed by atoms with Crippen LogP contribution in [0.15, 0.2) is 65.5 Å². The molecule has 0 aliphatic rings. The van der Waals surface area contributed by atoms with Gasteiger partial charge in [-0.15, -0.1) is 0 Å². The summed E-state index contributed by atoms with van der Waals surface area (Å²) < 4.78 is 13.9. The predicted octanol–water partition coefficient (Wildman–Crippen LogP) is 3.08. The number of aryl methyl sites for hydroxylation is 2. The van der Waals surface area contributed by atoms with Crippen LogP contribution in [0.5, 0.6) is 11.5 Å². The Bertz CT molecular complexity index is 1660. The van der Waals surface area contributed by atoms with E-state index in [-0.39, 0.29) is 17.9 Å². The molecule has 3 N–H and O–H groups in total. The van der Waals surface area contributed by atoms with Crippen molar-refractivity contribution in [3.63, 3.8) is 0 Å². The highest BCUT2D eigenvalue weighted by Gasteiger charge is 2.14. The van der Waals surface area contributed by atoms with Crippen molar-refractivity contribution in [1.82, 2.24) is 9.38 Å². The Labute approximate surface area is 210 Å². The summed E-state index contributed by atoms with van der Waals surface area (Å²) in [5.74, 6) is 1.29. The normalized spacial score (nSPS) is 12.2. The summed E-state index contributed by atoms with van der Waals surface area (Å²) in [6.45, 7) is 4.74. The first-order valence-corrected chi connectivity index (χ1v) is 12.4. The molecule has 184 valence electrons. The van der Waals surface area contributed by atoms with E-state index in [9.17, 15) is 15.2 Å². The third-order valence-electron chi connectivity index (χ3n) is 5.83. The van der Waals surface area contributed by atoms with E-state index in [0.29, 0.717) is 27.4 Å². The minimum absolute atomic E-state index is 0.188. The first kappa shape index (κ1) is 24.0. The van der Waals surface area contributed by atoms with Crippen LogP contribution in [0.2, 0.25) is 0 Å². The lowest BCUT2D eigenvalue weighted by atomic mass is 10.1. The first-order chi connectivity index (χ1) is 17.4. The van der Waals surface area contributed by atoms with Crippen LogP contribution >= 0.6 is 11.3 Å². The van der Waals surface area contributed by atoms with E-state index in [1.165, 1.54) is 16.9 Å². The summed E-state index contributed by atoms with van der Waals surface area (Å²) >= 11 is 1.27. The van der Waals surface area contributed by atoms with Crippen LogP contribution in [0, 0.1) is 6.92 Å². The Hall–Kier alpha value is -3.76. The molecule has 0 aliphatic carbocycles. The standard InChI is InChI=1S/C27H25N3O5S/c1-3-18-12-17(2)13-21(14-18)34-10-11-35-24-9-8-20(30(32)33)15-19(24)16-25-26(31)29-23-7-5-4-6-22(23)28-27(29)36-25/h4-9,12-16,32-33H,3,10-11H2,1-2H3/p+1. The molecule has 0 aliphatic heterocycles. The van der Waals surface area contributed by atoms with Crippen molar-refractivity contribution in [3.05, 3.63) is 92.2 Å². The zero-order valence-electron chi connectivity index (χ0n) is 19.9. The van der Waals surface area contributed by atoms with E-state index in [4.69, 9.17) is 9.47 Å². The fraction of sp³-hybridized carbons (Fsp3) is 0.185. The number of aromatic nitrogens is 2. The van der Waals surface area contributed by atoms with Crippen LogP contribution in [0.4, 0.5) is 5.69 Å². The number of hydrogen-bond acceptors (Lipinski definition) is 7.